The summed E-state index contributed by atoms with van der Waals surface area (Å²) in [4.78, 5) is 14.3. The van der Waals surface area contributed by atoms with Crippen LogP contribution in [0, 0.1) is 10.1 Å². The molecule has 0 amide bonds. The molecular weight excluding hydrogens is 236 g/mol. The summed E-state index contributed by atoms with van der Waals surface area (Å²) in [6.07, 6.45) is 1.66. The Kier molecular flexibility index (Phi) is 1.88. The molecule has 0 unspecified atom stereocenters. The molecule has 1 aliphatic heterocycles. The predicted octanol–water partition coefficient (Wildman–Crippen LogP) is 2.29. The zero-order valence-corrected chi connectivity index (χ0v) is 8.11. The maximum Gasteiger partial charge on any atom is 0.276 e. The van der Waals surface area contributed by atoms with Gasteiger partial charge in [-0.1, -0.05) is 15.9 Å². The quantitative estimate of drug-likeness (QED) is 0.559. The molecular formula is C8H5BrN2O2. The van der Waals surface area contributed by atoms with Crippen molar-refractivity contribution in [1.82, 2.24) is 0 Å². The fourth-order valence-electron chi connectivity index (χ4n) is 1.33. The van der Waals surface area contributed by atoms with E-state index in [0.29, 0.717) is 16.6 Å². The third-order valence-electron chi connectivity index (χ3n) is 1.90. The second-order valence-electron chi connectivity index (χ2n) is 2.72. The Hall–Kier alpha value is -1.23. The highest BCUT2D eigenvalue weighted by molar-refractivity contribution is 9.10. The first-order chi connectivity index (χ1) is 6.18. The van der Waals surface area contributed by atoms with E-state index in [-0.39, 0.29) is 10.6 Å². The standard InChI is InChI=1S/C8H5BrN2O2/c9-6-1-5-3-10-4-7(5)8(2-6)11(12)13/h1-3H,4H2. The van der Waals surface area contributed by atoms with Crippen molar-refractivity contribution in [3.05, 3.63) is 37.8 Å². The molecule has 1 aromatic rings. The Labute approximate surface area is 82.6 Å². The van der Waals surface area contributed by atoms with Gasteiger partial charge in [0, 0.05) is 22.3 Å². The van der Waals surface area contributed by atoms with E-state index >= 15 is 0 Å². The number of nitro benzene ring substituents is 1. The van der Waals surface area contributed by atoms with Gasteiger partial charge >= 0.3 is 0 Å². The van der Waals surface area contributed by atoms with Crippen molar-refractivity contribution in [3.8, 4) is 0 Å². The van der Waals surface area contributed by atoms with Gasteiger partial charge in [0.15, 0.2) is 0 Å². The second-order valence-corrected chi connectivity index (χ2v) is 3.64. The number of hydrogen-bond acceptors (Lipinski definition) is 3. The Morgan fingerprint density at radius 2 is 2.31 bits per heavy atom. The lowest BCUT2D eigenvalue weighted by atomic mass is 10.1. The van der Waals surface area contributed by atoms with Crippen molar-refractivity contribution in [3.63, 3.8) is 0 Å². The Morgan fingerprint density at radius 1 is 1.54 bits per heavy atom. The number of rotatable bonds is 1. The normalized spacial score (nSPS) is 13.0. The molecule has 0 spiro atoms. The smallest absolute Gasteiger partial charge is 0.276 e. The van der Waals surface area contributed by atoms with Gasteiger partial charge in [0.2, 0.25) is 0 Å². The van der Waals surface area contributed by atoms with Crippen LogP contribution in [0.4, 0.5) is 5.69 Å². The van der Waals surface area contributed by atoms with Crippen LogP contribution in [0.1, 0.15) is 11.1 Å². The first-order valence-electron chi connectivity index (χ1n) is 3.65. The Bertz CT molecular complexity index is 415. The van der Waals surface area contributed by atoms with Gasteiger partial charge in [0.25, 0.3) is 5.69 Å². The van der Waals surface area contributed by atoms with E-state index < -0.39 is 0 Å². The molecule has 1 aromatic carbocycles. The lowest BCUT2D eigenvalue weighted by Crippen LogP contribution is -1.95. The van der Waals surface area contributed by atoms with Crippen LogP contribution < -0.4 is 0 Å². The van der Waals surface area contributed by atoms with Crippen molar-refractivity contribution >= 4 is 27.8 Å². The van der Waals surface area contributed by atoms with Crippen LogP contribution in [0.3, 0.4) is 0 Å². The van der Waals surface area contributed by atoms with E-state index in [4.69, 9.17) is 0 Å². The van der Waals surface area contributed by atoms with Gasteiger partial charge in [-0.15, -0.1) is 0 Å². The lowest BCUT2D eigenvalue weighted by molar-refractivity contribution is -0.385. The first-order valence-corrected chi connectivity index (χ1v) is 4.44. The molecule has 1 heterocycles. The third kappa shape index (κ3) is 1.35. The number of nitrogens with zero attached hydrogens (tertiary/aromatic N) is 2. The highest BCUT2D eigenvalue weighted by Crippen LogP contribution is 2.29. The average Bonchev–Trinajstić information content (AvgIpc) is 2.49. The van der Waals surface area contributed by atoms with Crippen molar-refractivity contribution in [2.45, 2.75) is 6.54 Å². The zero-order chi connectivity index (χ0) is 9.42. The molecule has 13 heavy (non-hydrogen) atoms. The second kappa shape index (κ2) is 2.92. The minimum atomic E-state index is -0.377. The Balaban J connectivity index is 2.66. The molecule has 0 fully saturated rings. The number of fused-ring (bicyclic) bond motifs is 1. The number of hydrogen-bond donors (Lipinski definition) is 0. The fraction of sp³-hybridized carbons (Fsp3) is 0.125. The molecule has 4 nitrogen and oxygen atoms in total. The van der Waals surface area contributed by atoms with Crippen LogP contribution in [0.15, 0.2) is 21.6 Å². The number of aliphatic imine (C=N–C) groups is 1. The fourth-order valence-corrected chi connectivity index (χ4v) is 1.79. The zero-order valence-electron chi connectivity index (χ0n) is 6.53. The van der Waals surface area contributed by atoms with Gasteiger partial charge in [0.1, 0.15) is 0 Å². The molecule has 0 saturated heterocycles. The summed E-state index contributed by atoms with van der Waals surface area (Å²) in [7, 11) is 0. The SMILES string of the molecule is O=[N+]([O-])c1cc(Br)cc2c1CN=C2. The van der Waals surface area contributed by atoms with Gasteiger partial charge in [-0.25, -0.2) is 0 Å². The summed E-state index contributed by atoms with van der Waals surface area (Å²) in [6, 6.07) is 3.34. The van der Waals surface area contributed by atoms with Gasteiger partial charge < -0.3 is 0 Å². The molecule has 0 saturated carbocycles. The van der Waals surface area contributed by atoms with Crippen LogP contribution in [0.25, 0.3) is 0 Å². The minimum absolute atomic E-state index is 0.141. The monoisotopic (exact) mass is 240 g/mol. The average molecular weight is 241 g/mol. The van der Waals surface area contributed by atoms with Crippen molar-refractivity contribution in [1.29, 1.82) is 0 Å². The van der Waals surface area contributed by atoms with Crippen LogP contribution in [-0.4, -0.2) is 11.1 Å². The summed E-state index contributed by atoms with van der Waals surface area (Å²) in [5, 5.41) is 10.6. The molecule has 5 heteroatoms. The van der Waals surface area contributed by atoms with Crippen molar-refractivity contribution in [2.75, 3.05) is 0 Å². The summed E-state index contributed by atoms with van der Waals surface area (Å²) < 4.78 is 0.714. The maximum atomic E-state index is 10.6. The molecule has 0 atom stereocenters. The van der Waals surface area contributed by atoms with E-state index in [9.17, 15) is 10.1 Å². The molecule has 2 rings (SSSR count). The summed E-state index contributed by atoms with van der Waals surface area (Å²) in [5.74, 6) is 0. The Morgan fingerprint density at radius 3 is 3.00 bits per heavy atom. The number of halogens is 1. The largest absolute Gasteiger partial charge is 0.288 e. The van der Waals surface area contributed by atoms with Crippen molar-refractivity contribution in [2.24, 2.45) is 4.99 Å². The summed E-state index contributed by atoms with van der Waals surface area (Å²) >= 11 is 3.22. The van der Waals surface area contributed by atoms with E-state index in [0.717, 1.165) is 5.56 Å². The van der Waals surface area contributed by atoms with Gasteiger partial charge in [-0.05, 0) is 6.07 Å². The number of nitro groups is 1. The highest BCUT2D eigenvalue weighted by Gasteiger charge is 2.20. The van der Waals surface area contributed by atoms with E-state index in [1.165, 1.54) is 6.07 Å². The lowest BCUT2D eigenvalue weighted by Gasteiger charge is -1.99. The van der Waals surface area contributed by atoms with E-state index in [1.54, 1.807) is 6.21 Å². The predicted molar refractivity (Wildman–Crippen MR) is 52.1 cm³/mol. The minimum Gasteiger partial charge on any atom is -0.288 e. The molecule has 66 valence electrons. The van der Waals surface area contributed by atoms with Gasteiger partial charge in [0.05, 0.1) is 17.0 Å². The molecule has 0 bridgehead atoms. The van der Waals surface area contributed by atoms with E-state index in [1.807, 2.05) is 6.07 Å². The van der Waals surface area contributed by atoms with Crippen LogP contribution in [0.2, 0.25) is 0 Å². The summed E-state index contributed by atoms with van der Waals surface area (Å²) in [5.41, 5.74) is 1.68. The molecule has 0 N–H and O–H groups in total. The van der Waals surface area contributed by atoms with Crippen molar-refractivity contribution < 1.29 is 4.92 Å². The maximum absolute atomic E-state index is 10.6. The van der Waals surface area contributed by atoms with Crippen LogP contribution in [-0.2, 0) is 6.54 Å². The van der Waals surface area contributed by atoms with Crippen LogP contribution >= 0.6 is 15.9 Å². The van der Waals surface area contributed by atoms with Gasteiger partial charge in [-0.3, -0.25) is 15.1 Å². The molecule has 1 aliphatic rings. The topological polar surface area (TPSA) is 55.5 Å². The molecule has 0 aromatic heterocycles. The van der Waals surface area contributed by atoms with E-state index in [2.05, 4.69) is 20.9 Å². The summed E-state index contributed by atoms with van der Waals surface area (Å²) in [6.45, 7) is 0.416. The molecule has 0 aliphatic carbocycles. The third-order valence-corrected chi connectivity index (χ3v) is 2.36. The van der Waals surface area contributed by atoms with Gasteiger partial charge in [-0.2, -0.15) is 0 Å². The first kappa shape index (κ1) is 8.37. The molecule has 0 radical (unpaired) electrons. The van der Waals surface area contributed by atoms with Crippen LogP contribution in [0.5, 0.6) is 0 Å². The number of benzene rings is 1. The highest BCUT2D eigenvalue weighted by atomic mass is 79.9.